The molecule has 0 saturated carbocycles. The Morgan fingerprint density at radius 3 is 2.60 bits per heavy atom. The molecular formula is C10H9N3O2. The zero-order valence-electron chi connectivity index (χ0n) is 8.10. The van der Waals surface area contributed by atoms with Gasteiger partial charge in [0.25, 0.3) is 0 Å². The van der Waals surface area contributed by atoms with Crippen LogP contribution in [0.25, 0.3) is 11.3 Å². The molecule has 0 bridgehead atoms. The Labute approximate surface area is 86.1 Å². The Balaban J connectivity index is 2.41. The first-order chi connectivity index (χ1) is 7.35. The molecule has 0 aliphatic heterocycles. The molecule has 1 aromatic heterocycles. The second-order valence-electron chi connectivity index (χ2n) is 2.90. The molecule has 1 heterocycles. The highest BCUT2D eigenvalue weighted by Gasteiger charge is 2.08. The minimum atomic E-state index is 0.306. The lowest BCUT2D eigenvalue weighted by molar-refractivity contribution is 0.111. The molecule has 0 amide bonds. The minimum absolute atomic E-state index is 0.306. The largest absolute Gasteiger partial charge is 0.497 e. The van der Waals surface area contributed by atoms with E-state index in [1.54, 1.807) is 19.2 Å². The highest BCUT2D eigenvalue weighted by Crippen LogP contribution is 2.21. The van der Waals surface area contributed by atoms with Gasteiger partial charge >= 0.3 is 0 Å². The molecule has 0 atom stereocenters. The van der Waals surface area contributed by atoms with Crippen LogP contribution in [-0.4, -0.2) is 28.8 Å². The number of carbonyl (C=O) groups is 1. The molecule has 0 fully saturated rings. The van der Waals surface area contributed by atoms with Crippen molar-refractivity contribution in [1.82, 2.24) is 15.4 Å². The molecule has 2 aromatic rings. The van der Waals surface area contributed by atoms with E-state index in [2.05, 4.69) is 15.4 Å². The van der Waals surface area contributed by atoms with E-state index in [4.69, 9.17) is 4.74 Å². The van der Waals surface area contributed by atoms with Crippen molar-refractivity contribution >= 4 is 6.29 Å². The average molecular weight is 203 g/mol. The summed E-state index contributed by atoms with van der Waals surface area (Å²) in [5, 5.41) is 10.0. The Kier molecular flexibility index (Phi) is 2.45. The van der Waals surface area contributed by atoms with E-state index in [1.165, 1.54) is 0 Å². The summed E-state index contributed by atoms with van der Waals surface area (Å²) in [5.41, 5.74) is 1.68. The van der Waals surface area contributed by atoms with Gasteiger partial charge in [-0.3, -0.25) is 4.79 Å². The lowest BCUT2D eigenvalue weighted by Gasteiger charge is -2.00. The number of rotatable bonds is 3. The SMILES string of the molecule is COc1ccc(-c2n[nH]nc2C=O)cc1. The van der Waals surface area contributed by atoms with Gasteiger partial charge in [0, 0.05) is 5.56 Å². The molecule has 76 valence electrons. The summed E-state index contributed by atoms with van der Waals surface area (Å²) in [5.74, 6) is 0.759. The summed E-state index contributed by atoms with van der Waals surface area (Å²) in [6, 6.07) is 7.25. The third-order valence-corrected chi connectivity index (χ3v) is 2.05. The van der Waals surface area contributed by atoms with Crippen LogP contribution in [0.2, 0.25) is 0 Å². The number of hydrogen-bond donors (Lipinski definition) is 1. The third-order valence-electron chi connectivity index (χ3n) is 2.05. The summed E-state index contributed by atoms with van der Waals surface area (Å²) < 4.78 is 5.03. The molecule has 5 heteroatoms. The van der Waals surface area contributed by atoms with Crippen LogP contribution in [0.5, 0.6) is 5.75 Å². The van der Waals surface area contributed by atoms with Crippen LogP contribution in [-0.2, 0) is 0 Å². The van der Waals surface area contributed by atoms with Crippen molar-refractivity contribution < 1.29 is 9.53 Å². The number of methoxy groups -OCH3 is 1. The number of hydrogen-bond acceptors (Lipinski definition) is 4. The van der Waals surface area contributed by atoms with Gasteiger partial charge in [0.2, 0.25) is 0 Å². The maximum atomic E-state index is 10.6. The van der Waals surface area contributed by atoms with Crippen molar-refractivity contribution in [2.75, 3.05) is 7.11 Å². The van der Waals surface area contributed by atoms with Crippen LogP contribution in [0.15, 0.2) is 24.3 Å². The number of benzene rings is 1. The molecule has 0 unspecified atom stereocenters. The van der Waals surface area contributed by atoms with E-state index in [9.17, 15) is 4.79 Å². The smallest absolute Gasteiger partial charge is 0.172 e. The van der Waals surface area contributed by atoms with Crippen LogP contribution in [0.3, 0.4) is 0 Å². The minimum Gasteiger partial charge on any atom is -0.497 e. The first-order valence-corrected chi connectivity index (χ1v) is 4.35. The van der Waals surface area contributed by atoms with Gasteiger partial charge in [-0.1, -0.05) is 0 Å². The number of nitrogens with one attached hydrogen (secondary N) is 1. The number of carbonyl (C=O) groups excluding carboxylic acids is 1. The highest BCUT2D eigenvalue weighted by atomic mass is 16.5. The average Bonchev–Trinajstić information content (AvgIpc) is 2.77. The first-order valence-electron chi connectivity index (χ1n) is 4.35. The van der Waals surface area contributed by atoms with Crippen molar-refractivity contribution in [2.45, 2.75) is 0 Å². The van der Waals surface area contributed by atoms with Crippen LogP contribution in [0.4, 0.5) is 0 Å². The van der Waals surface area contributed by atoms with E-state index >= 15 is 0 Å². The fourth-order valence-corrected chi connectivity index (χ4v) is 1.28. The van der Waals surface area contributed by atoms with Crippen molar-refractivity contribution in [2.24, 2.45) is 0 Å². The fourth-order valence-electron chi connectivity index (χ4n) is 1.28. The van der Waals surface area contributed by atoms with Crippen molar-refractivity contribution in [3.63, 3.8) is 0 Å². The Bertz CT molecular complexity index is 462. The number of H-pyrrole nitrogens is 1. The second kappa shape index (κ2) is 3.91. The van der Waals surface area contributed by atoms with Gasteiger partial charge in [0.15, 0.2) is 12.0 Å². The van der Waals surface area contributed by atoms with Gasteiger partial charge in [-0.15, -0.1) is 0 Å². The summed E-state index contributed by atoms with van der Waals surface area (Å²) in [6.07, 6.45) is 0.670. The zero-order chi connectivity index (χ0) is 10.7. The molecule has 0 radical (unpaired) electrons. The number of aldehydes is 1. The van der Waals surface area contributed by atoms with E-state index in [0.29, 0.717) is 17.7 Å². The van der Waals surface area contributed by atoms with Gasteiger partial charge in [0.1, 0.15) is 11.4 Å². The summed E-state index contributed by atoms with van der Waals surface area (Å²) in [4.78, 5) is 10.6. The van der Waals surface area contributed by atoms with Crippen LogP contribution < -0.4 is 4.74 Å². The highest BCUT2D eigenvalue weighted by molar-refractivity contribution is 5.82. The Morgan fingerprint density at radius 1 is 1.27 bits per heavy atom. The number of nitrogens with zero attached hydrogens (tertiary/aromatic N) is 2. The molecular weight excluding hydrogens is 194 g/mol. The van der Waals surface area contributed by atoms with Gasteiger partial charge in [-0.05, 0) is 24.3 Å². The monoisotopic (exact) mass is 203 g/mol. The molecule has 0 spiro atoms. The van der Waals surface area contributed by atoms with Crippen molar-refractivity contribution in [3.8, 4) is 17.0 Å². The molecule has 2 rings (SSSR count). The molecule has 0 saturated heterocycles. The summed E-state index contributed by atoms with van der Waals surface area (Å²) in [7, 11) is 1.60. The van der Waals surface area contributed by atoms with Crippen molar-refractivity contribution in [1.29, 1.82) is 0 Å². The molecule has 1 aromatic carbocycles. The van der Waals surface area contributed by atoms with Crippen molar-refractivity contribution in [3.05, 3.63) is 30.0 Å². The van der Waals surface area contributed by atoms with Crippen LogP contribution >= 0.6 is 0 Å². The van der Waals surface area contributed by atoms with Gasteiger partial charge in [0.05, 0.1) is 7.11 Å². The number of aromatic nitrogens is 3. The first kappa shape index (κ1) is 9.39. The molecule has 0 aliphatic carbocycles. The summed E-state index contributed by atoms with van der Waals surface area (Å²) in [6.45, 7) is 0. The van der Waals surface area contributed by atoms with Crippen LogP contribution in [0, 0.1) is 0 Å². The number of aromatic amines is 1. The van der Waals surface area contributed by atoms with Gasteiger partial charge < -0.3 is 4.74 Å². The molecule has 5 nitrogen and oxygen atoms in total. The fraction of sp³-hybridized carbons (Fsp3) is 0.100. The molecule has 15 heavy (non-hydrogen) atoms. The van der Waals surface area contributed by atoms with E-state index in [-0.39, 0.29) is 0 Å². The zero-order valence-corrected chi connectivity index (χ0v) is 8.10. The normalized spacial score (nSPS) is 9.93. The third kappa shape index (κ3) is 1.71. The Morgan fingerprint density at radius 2 is 2.00 bits per heavy atom. The molecule has 0 aliphatic rings. The standard InChI is InChI=1S/C10H9N3O2/c1-15-8-4-2-7(3-5-8)10-9(6-14)11-13-12-10/h2-6H,1H3,(H,11,12,13). The van der Waals surface area contributed by atoms with Crippen LogP contribution in [0.1, 0.15) is 10.5 Å². The van der Waals surface area contributed by atoms with E-state index < -0.39 is 0 Å². The Hall–Kier alpha value is -2.17. The predicted molar refractivity (Wildman–Crippen MR) is 53.8 cm³/mol. The maximum Gasteiger partial charge on any atom is 0.172 e. The lowest BCUT2D eigenvalue weighted by Crippen LogP contribution is -1.86. The molecule has 1 N–H and O–H groups in total. The van der Waals surface area contributed by atoms with Gasteiger partial charge in [-0.25, -0.2) is 0 Å². The lowest BCUT2D eigenvalue weighted by atomic mass is 10.1. The topological polar surface area (TPSA) is 67.9 Å². The quantitative estimate of drug-likeness (QED) is 0.763. The second-order valence-corrected chi connectivity index (χ2v) is 2.90. The van der Waals surface area contributed by atoms with E-state index in [1.807, 2.05) is 12.1 Å². The van der Waals surface area contributed by atoms with E-state index in [0.717, 1.165) is 11.3 Å². The summed E-state index contributed by atoms with van der Waals surface area (Å²) >= 11 is 0. The van der Waals surface area contributed by atoms with Gasteiger partial charge in [-0.2, -0.15) is 15.4 Å². The number of ether oxygens (including phenoxy) is 1. The predicted octanol–water partition coefficient (Wildman–Crippen LogP) is 1.29. The maximum absolute atomic E-state index is 10.6.